The van der Waals surface area contributed by atoms with Gasteiger partial charge in [-0.3, -0.25) is 9.69 Å². The predicted octanol–water partition coefficient (Wildman–Crippen LogP) is 4.74. The summed E-state index contributed by atoms with van der Waals surface area (Å²) in [5, 5.41) is 1.24. The van der Waals surface area contributed by atoms with Gasteiger partial charge in [0.25, 0.3) is 5.56 Å². The molecular weight excluding hydrogens is 442 g/mol. The standard InChI is InChI=1S/C24H26ClN5OS/c1-24(2,3)22-27-19-8-9-29(14-18(19)21(31)28-22)11-15-12-30(13-16-10-26-23(25)32-16)20-7-5-4-6-17(15)20/h4-7,10,12H,8-9,11,13-14H2,1-3H3,(H,27,28,31). The van der Waals surface area contributed by atoms with Crippen molar-refractivity contribution in [2.75, 3.05) is 6.54 Å². The molecule has 4 aromatic rings. The fraction of sp³-hybridized carbons (Fsp3) is 0.375. The third-order valence-corrected chi connectivity index (χ3v) is 7.07. The molecule has 0 unspecified atom stereocenters. The molecule has 0 fully saturated rings. The van der Waals surface area contributed by atoms with Crippen LogP contribution in [0, 0.1) is 0 Å². The van der Waals surface area contributed by atoms with Crippen LogP contribution < -0.4 is 5.56 Å². The Hall–Kier alpha value is -2.48. The zero-order valence-electron chi connectivity index (χ0n) is 18.5. The van der Waals surface area contributed by atoms with E-state index in [1.807, 2.05) is 6.20 Å². The maximum Gasteiger partial charge on any atom is 0.255 e. The van der Waals surface area contributed by atoms with Gasteiger partial charge in [-0.05, 0) is 11.6 Å². The highest BCUT2D eigenvalue weighted by Crippen LogP contribution is 2.27. The maximum atomic E-state index is 12.8. The van der Waals surface area contributed by atoms with Gasteiger partial charge in [0.1, 0.15) is 5.82 Å². The lowest BCUT2D eigenvalue weighted by Gasteiger charge is -2.28. The molecule has 0 radical (unpaired) electrons. The van der Waals surface area contributed by atoms with Crippen LogP contribution in [-0.2, 0) is 31.5 Å². The van der Waals surface area contributed by atoms with Crippen molar-refractivity contribution in [3.8, 4) is 0 Å². The molecule has 1 aliphatic heterocycles. The Morgan fingerprint density at radius 1 is 1.22 bits per heavy atom. The second kappa shape index (κ2) is 8.14. The van der Waals surface area contributed by atoms with Crippen molar-refractivity contribution in [1.82, 2.24) is 24.4 Å². The molecule has 4 heterocycles. The Morgan fingerprint density at radius 2 is 2.03 bits per heavy atom. The summed E-state index contributed by atoms with van der Waals surface area (Å²) in [5.41, 5.74) is 4.02. The number of nitrogens with zero attached hydrogens (tertiary/aromatic N) is 4. The summed E-state index contributed by atoms with van der Waals surface area (Å²) in [6.45, 7) is 9.25. The smallest absolute Gasteiger partial charge is 0.255 e. The van der Waals surface area contributed by atoms with E-state index in [9.17, 15) is 4.79 Å². The van der Waals surface area contributed by atoms with Crippen molar-refractivity contribution >= 4 is 33.8 Å². The Bertz CT molecular complexity index is 1350. The molecule has 5 rings (SSSR count). The summed E-state index contributed by atoms with van der Waals surface area (Å²) in [7, 11) is 0. The van der Waals surface area contributed by atoms with E-state index in [4.69, 9.17) is 16.6 Å². The quantitative estimate of drug-likeness (QED) is 0.470. The molecule has 0 bridgehead atoms. The van der Waals surface area contributed by atoms with Gasteiger partial charge in [0.2, 0.25) is 0 Å². The van der Waals surface area contributed by atoms with Gasteiger partial charge in [-0.25, -0.2) is 9.97 Å². The lowest BCUT2D eigenvalue weighted by molar-refractivity contribution is 0.241. The van der Waals surface area contributed by atoms with Gasteiger partial charge in [-0.1, -0.05) is 50.6 Å². The first kappa shape index (κ1) is 21.4. The summed E-state index contributed by atoms with van der Waals surface area (Å²) in [5.74, 6) is 0.765. The van der Waals surface area contributed by atoms with E-state index in [1.165, 1.54) is 27.8 Å². The first-order valence-electron chi connectivity index (χ1n) is 10.8. The van der Waals surface area contributed by atoms with E-state index in [-0.39, 0.29) is 11.0 Å². The highest BCUT2D eigenvalue weighted by Gasteiger charge is 2.25. The summed E-state index contributed by atoms with van der Waals surface area (Å²) < 4.78 is 2.83. The minimum atomic E-state index is -0.171. The molecule has 6 nitrogen and oxygen atoms in total. The van der Waals surface area contributed by atoms with Gasteiger partial charge in [0.15, 0.2) is 4.47 Å². The molecule has 0 atom stereocenters. The van der Waals surface area contributed by atoms with Crippen LogP contribution in [0.25, 0.3) is 10.9 Å². The van der Waals surface area contributed by atoms with Gasteiger partial charge in [0, 0.05) is 59.6 Å². The minimum absolute atomic E-state index is 0.00544. The molecule has 1 N–H and O–H groups in total. The fourth-order valence-corrected chi connectivity index (χ4v) is 5.29. The van der Waals surface area contributed by atoms with Crippen LogP contribution in [0.4, 0.5) is 0 Å². The Kier molecular flexibility index (Phi) is 5.43. The summed E-state index contributed by atoms with van der Waals surface area (Å²) in [4.78, 5) is 28.2. The molecule has 8 heteroatoms. The molecule has 1 aromatic carbocycles. The molecule has 3 aromatic heterocycles. The van der Waals surface area contributed by atoms with E-state index in [2.05, 4.69) is 70.7 Å². The predicted molar refractivity (Wildman–Crippen MR) is 130 cm³/mol. The maximum absolute atomic E-state index is 12.8. The zero-order chi connectivity index (χ0) is 22.5. The number of nitrogens with one attached hydrogen (secondary N) is 1. The third-order valence-electron chi connectivity index (χ3n) is 5.97. The first-order valence-corrected chi connectivity index (χ1v) is 12.0. The number of aromatic nitrogens is 4. The fourth-order valence-electron chi connectivity index (χ4n) is 4.32. The lowest BCUT2D eigenvalue weighted by Crippen LogP contribution is -2.37. The number of para-hydroxylation sites is 1. The average molecular weight is 468 g/mol. The van der Waals surface area contributed by atoms with Crippen molar-refractivity contribution in [1.29, 1.82) is 0 Å². The normalized spacial score (nSPS) is 14.8. The SMILES string of the molecule is CC(C)(C)c1nc2c(c(=O)[nH]1)CN(Cc1cn(Cc3cnc(Cl)s3)c3ccccc13)CC2. The number of H-pyrrole nitrogens is 1. The number of halogens is 1. The van der Waals surface area contributed by atoms with Crippen LogP contribution in [0.2, 0.25) is 4.47 Å². The number of fused-ring (bicyclic) bond motifs is 2. The second-order valence-electron chi connectivity index (χ2n) is 9.43. The molecule has 0 aliphatic carbocycles. The van der Waals surface area contributed by atoms with Gasteiger partial charge < -0.3 is 9.55 Å². The van der Waals surface area contributed by atoms with Crippen LogP contribution in [0.5, 0.6) is 0 Å². The van der Waals surface area contributed by atoms with Crippen molar-refractivity contribution in [2.24, 2.45) is 0 Å². The molecule has 1 aliphatic rings. The molecule has 0 spiro atoms. The van der Waals surface area contributed by atoms with E-state index >= 15 is 0 Å². The van der Waals surface area contributed by atoms with Crippen molar-refractivity contribution in [3.05, 3.63) is 79.0 Å². The Morgan fingerprint density at radius 3 is 2.78 bits per heavy atom. The van der Waals surface area contributed by atoms with Crippen LogP contribution in [0.3, 0.4) is 0 Å². The second-order valence-corrected chi connectivity index (χ2v) is 11.1. The van der Waals surface area contributed by atoms with Gasteiger partial charge in [0.05, 0.1) is 17.8 Å². The van der Waals surface area contributed by atoms with E-state index in [1.54, 1.807) is 0 Å². The van der Waals surface area contributed by atoms with Crippen molar-refractivity contribution in [2.45, 2.75) is 52.2 Å². The van der Waals surface area contributed by atoms with Gasteiger partial charge in [-0.2, -0.15) is 0 Å². The highest BCUT2D eigenvalue weighted by atomic mass is 35.5. The Labute approximate surface area is 195 Å². The van der Waals surface area contributed by atoms with Crippen LogP contribution >= 0.6 is 22.9 Å². The Balaban J connectivity index is 1.42. The topological polar surface area (TPSA) is 66.8 Å². The molecule has 32 heavy (non-hydrogen) atoms. The summed E-state index contributed by atoms with van der Waals surface area (Å²) in [6, 6.07) is 8.46. The van der Waals surface area contributed by atoms with E-state index in [0.29, 0.717) is 11.0 Å². The lowest BCUT2D eigenvalue weighted by atomic mass is 9.95. The number of rotatable bonds is 4. The molecule has 0 saturated carbocycles. The molecule has 0 saturated heterocycles. The number of hydrogen-bond donors (Lipinski definition) is 1. The minimum Gasteiger partial charge on any atom is -0.342 e. The van der Waals surface area contributed by atoms with Gasteiger partial charge >= 0.3 is 0 Å². The summed E-state index contributed by atoms with van der Waals surface area (Å²) in [6.07, 6.45) is 4.85. The first-order chi connectivity index (χ1) is 15.3. The largest absolute Gasteiger partial charge is 0.342 e. The number of aromatic amines is 1. The van der Waals surface area contributed by atoms with Crippen molar-refractivity contribution < 1.29 is 0 Å². The van der Waals surface area contributed by atoms with Crippen LogP contribution in [0.15, 0.2) is 41.5 Å². The van der Waals surface area contributed by atoms with Gasteiger partial charge in [-0.15, -0.1) is 11.3 Å². The molecule has 166 valence electrons. The van der Waals surface area contributed by atoms with E-state index in [0.717, 1.165) is 48.0 Å². The van der Waals surface area contributed by atoms with E-state index < -0.39 is 0 Å². The third kappa shape index (κ3) is 4.12. The highest BCUT2D eigenvalue weighted by molar-refractivity contribution is 7.15. The molecule has 0 amide bonds. The van der Waals surface area contributed by atoms with Crippen molar-refractivity contribution in [3.63, 3.8) is 0 Å². The molecular formula is C24H26ClN5OS. The number of benzene rings is 1. The van der Waals surface area contributed by atoms with Crippen LogP contribution in [0.1, 0.15) is 48.3 Å². The zero-order valence-corrected chi connectivity index (χ0v) is 20.1. The average Bonchev–Trinajstić information content (AvgIpc) is 3.31. The van der Waals surface area contributed by atoms with Crippen LogP contribution in [-0.4, -0.2) is 31.0 Å². The number of thiazole rings is 1. The monoisotopic (exact) mass is 467 g/mol. The number of hydrogen-bond acceptors (Lipinski definition) is 5. The summed E-state index contributed by atoms with van der Waals surface area (Å²) >= 11 is 7.54.